The molecule has 0 aromatic carbocycles. The highest BCUT2D eigenvalue weighted by atomic mass is 15.0. The summed E-state index contributed by atoms with van der Waals surface area (Å²) >= 11 is 0. The van der Waals surface area contributed by atoms with Crippen LogP contribution in [-0.2, 0) is 0 Å². The van der Waals surface area contributed by atoms with Gasteiger partial charge in [0.25, 0.3) is 0 Å². The van der Waals surface area contributed by atoms with Crippen molar-refractivity contribution in [2.45, 2.75) is 207 Å². The lowest BCUT2D eigenvalue weighted by Crippen LogP contribution is -2.10. The van der Waals surface area contributed by atoms with Crippen molar-refractivity contribution < 1.29 is 0 Å². The van der Waals surface area contributed by atoms with E-state index in [9.17, 15) is 0 Å². The van der Waals surface area contributed by atoms with Gasteiger partial charge in [0, 0.05) is 16.2 Å². The standard InChI is InChI=1S/3C12H18.3C11H16.2C9H12/c2*1-5-12-7-9-6-10(12,3)11(12,4)8(9)2;1-5-12-8(3)9-6-11(12,4)10(12)7(9)2;1-4-11-6-8-5-10(11,3)9(11)7(8)2;1-4-11-6-8-5-9(11)10(11,3)7(8)2;1-4-11-7(3)8-5-9(11)10(11)6(8)2;1-2-9-5-6-3-7(9)8(9)4-6;1-2-8-5-7-3-4-9(8)6-7/h2*5,8-9H,1,6-7H2,2-4H3;5,7-10H,1,6H2,2-4H3;2*4,7-9H,1,5-6H2,2-3H3;4,6-10H,1,5H2,2-3H3;2,6-8H,1,3-5H2;2-4,7,9H,5-6H2,1H3. The van der Waals surface area contributed by atoms with Crippen LogP contribution in [0.4, 0.5) is 0 Å². The van der Waals surface area contributed by atoms with Gasteiger partial charge in [-0.1, -0.05) is 170 Å². The molecular weight excluding hydrogens is 1040 g/mol. The van der Waals surface area contributed by atoms with Crippen molar-refractivity contribution in [3.63, 3.8) is 0 Å². The maximum Gasteiger partial charge on any atom is 0.000321 e. The largest absolute Gasteiger partial charge is 0.103 e. The fourth-order valence-electron chi connectivity index (χ4n) is 35.3. The normalized spacial score (nSPS) is 67.6. The van der Waals surface area contributed by atoms with Gasteiger partial charge in [-0.3, -0.25) is 0 Å². The zero-order chi connectivity index (χ0) is 62.1. The van der Waals surface area contributed by atoms with Gasteiger partial charge in [0.05, 0.1) is 0 Å². The fraction of sp³-hybridized carbons (Fsp3) is 0.793. The zero-order valence-electron chi connectivity index (χ0n) is 58.7. The average molecular weight is 1170 g/mol. The highest BCUT2D eigenvalue weighted by molar-refractivity contribution is 5.45. The van der Waals surface area contributed by atoms with E-state index in [1.165, 1.54) is 96.3 Å². The molecule has 0 aromatic rings. The molecule has 0 nitrogen and oxygen atoms in total. The fourth-order valence-corrected chi connectivity index (χ4v) is 35.3. The Morgan fingerprint density at radius 3 is 1.22 bits per heavy atom. The second kappa shape index (κ2) is 17.3. The molecule has 0 radical (unpaired) electrons. The SMILES string of the molecule is C=CC12C(C)C3CC1(C)C2C3C.C=CC12C(C)C3CC1C2C3C.C=CC12CC3CC1(C)C2(C)C3C.C=CC12CC3CC1(C)C2(C)C3C.C=CC12CC3CC1(C)C2C3C.C=CC12CC3CC1C2(C)C3C.C=CC12CC3CC1C2C3.CC=C1CC2C=CC1C2. The number of rotatable bonds is 7. The molecule has 0 heteroatoms. The molecule has 474 valence electrons. The molecule has 30 bridgehead atoms. The summed E-state index contributed by atoms with van der Waals surface area (Å²) < 4.78 is 0. The molecule has 0 amide bonds. The molecule has 0 saturated heterocycles. The molecule has 0 aromatic heterocycles. The van der Waals surface area contributed by atoms with Crippen LogP contribution in [0.15, 0.2) is 112 Å². The van der Waals surface area contributed by atoms with E-state index in [1.807, 2.05) is 0 Å². The second-order valence-electron chi connectivity index (χ2n) is 39.1. The van der Waals surface area contributed by atoms with Crippen molar-refractivity contribution in [1.29, 1.82) is 0 Å². The van der Waals surface area contributed by atoms with E-state index in [1.54, 1.807) is 5.57 Å². The summed E-state index contributed by atoms with van der Waals surface area (Å²) in [7, 11) is 0. The minimum atomic E-state index is 0.546. The molecule has 0 heterocycles. The van der Waals surface area contributed by atoms with Gasteiger partial charge in [-0.05, 0) is 305 Å². The summed E-state index contributed by atoms with van der Waals surface area (Å²) in [5.74, 6) is 24.0. The number of hydrogen-bond donors (Lipinski definition) is 0. The highest BCUT2D eigenvalue weighted by Crippen LogP contribution is 2.98. The Morgan fingerprint density at radius 1 is 0.448 bits per heavy atom. The first-order valence-corrected chi connectivity index (χ1v) is 37.8. The molecule has 30 aliphatic rings. The van der Waals surface area contributed by atoms with Gasteiger partial charge in [-0.25, -0.2) is 0 Å². The molecule has 87 heavy (non-hydrogen) atoms. The minimum absolute atomic E-state index is 0.546. The van der Waals surface area contributed by atoms with E-state index in [2.05, 4.69) is 218 Å². The molecular formula is C87H126. The zero-order valence-corrected chi connectivity index (χ0v) is 58.7. The monoisotopic (exact) mass is 1170 g/mol. The van der Waals surface area contributed by atoms with Crippen LogP contribution < -0.4 is 0 Å². The third-order valence-corrected chi connectivity index (χ3v) is 40.3. The quantitative estimate of drug-likeness (QED) is 0.223. The van der Waals surface area contributed by atoms with Crippen LogP contribution in [0.1, 0.15) is 207 Å². The Bertz CT molecular complexity index is 3020. The Morgan fingerprint density at radius 2 is 1.05 bits per heavy atom. The maximum absolute atomic E-state index is 4.06. The minimum Gasteiger partial charge on any atom is -0.103 e. The van der Waals surface area contributed by atoms with Crippen molar-refractivity contribution in [2.24, 2.45) is 218 Å². The van der Waals surface area contributed by atoms with Crippen LogP contribution >= 0.6 is 0 Å². The summed E-state index contributed by atoms with van der Waals surface area (Å²) in [4.78, 5) is 0. The van der Waals surface area contributed by atoms with E-state index >= 15 is 0 Å². The Labute approximate surface area is 534 Å². The molecule has 29 saturated carbocycles. The molecule has 36 unspecified atom stereocenters. The van der Waals surface area contributed by atoms with Gasteiger partial charge in [0.1, 0.15) is 0 Å². The third-order valence-electron chi connectivity index (χ3n) is 40.3. The summed E-state index contributed by atoms with van der Waals surface area (Å²) in [6.45, 7) is 67.3. The van der Waals surface area contributed by atoms with Gasteiger partial charge in [0.15, 0.2) is 0 Å². The average Bonchev–Trinajstić information content (AvgIpc) is 1.44. The van der Waals surface area contributed by atoms with Crippen LogP contribution in [0.25, 0.3) is 0 Å². The third kappa shape index (κ3) is 5.89. The van der Waals surface area contributed by atoms with Gasteiger partial charge in [-0.15, -0.1) is 46.1 Å². The lowest BCUT2D eigenvalue weighted by Gasteiger charge is -2.16. The van der Waals surface area contributed by atoms with E-state index < -0.39 is 0 Å². The summed E-state index contributed by atoms with van der Waals surface area (Å²) in [5.41, 5.74) is 10.4. The summed E-state index contributed by atoms with van der Waals surface area (Å²) in [6, 6.07) is 0. The van der Waals surface area contributed by atoms with E-state index in [-0.39, 0.29) is 0 Å². The van der Waals surface area contributed by atoms with Crippen LogP contribution in [0.2, 0.25) is 0 Å². The smallest absolute Gasteiger partial charge is 0.000321 e. The van der Waals surface area contributed by atoms with E-state index in [0.29, 0.717) is 75.8 Å². The first-order valence-electron chi connectivity index (χ1n) is 37.8. The van der Waals surface area contributed by atoms with Gasteiger partial charge >= 0.3 is 0 Å². The van der Waals surface area contributed by atoms with Crippen LogP contribution in [-0.4, -0.2) is 0 Å². The Kier molecular flexibility index (Phi) is 11.9. The molecule has 30 aliphatic carbocycles. The van der Waals surface area contributed by atoms with Crippen molar-refractivity contribution in [3.8, 4) is 0 Å². The Balaban J connectivity index is 0.0000000805. The topological polar surface area (TPSA) is 0 Å². The first-order chi connectivity index (χ1) is 41.0. The number of hydrogen-bond acceptors (Lipinski definition) is 0. The Hall–Kier alpha value is -2.34. The van der Waals surface area contributed by atoms with Crippen LogP contribution in [0.3, 0.4) is 0 Å². The van der Waals surface area contributed by atoms with Gasteiger partial charge < -0.3 is 0 Å². The lowest BCUT2D eigenvalue weighted by atomic mass is 9.88. The van der Waals surface area contributed by atoms with Crippen molar-refractivity contribution in [2.75, 3.05) is 0 Å². The van der Waals surface area contributed by atoms with Crippen LogP contribution in [0, 0.1) is 218 Å². The van der Waals surface area contributed by atoms with E-state index in [0.717, 1.165) is 142 Å². The van der Waals surface area contributed by atoms with Crippen molar-refractivity contribution in [3.05, 3.63) is 112 Å². The number of fused-ring (bicyclic) bond motifs is 2. The molecule has 0 N–H and O–H groups in total. The lowest BCUT2D eigenvalue weighted by molar-refractivity contribution is 0.344. The molecule has 29 fully saturated rings. The summed E-state index contributed by atoms with van der Waals surface area (Å²) in [5, 5.41) is 0. The predicted octanol–water partition coefficient (Wildman–Crippen LogP) is 22.8. The first kappa shape index (κ1) is 59.7. The highest BCUT2D eigenvalue weighted by Gasteiger charge is 2.92. The molecule has 0 aliphatic heterocycles. The maximum atomic E-state index is 4.06. The van der Waals surface area contributed by atoms with Gasteiger partial charge in [-0.2, -0.15) is 0 Å². The molecule has 36 atom stereocenters. The predicted molar refractivity (Wildman–Crippen MR) is 366 cm³/mol. The van der Waals surface area contributed by atoms with E-state index in [4.69, 9.17) is 0 Å². The second-order valence-corrected chi connectivity index (χ2v) is 39.1. The summed E-state index contributed by atoms with van der Waals surface area (Å²) in [6.07, 6.45) is 44.9. The molecule has 0 spiro atoms. The van der Waals surface area contributed by atoms with Crippen LogP contribution in [0.5, 0.6) is 0 Å². The van der Waals surface area contributed by atoms with Crippen molar-refractivity contribution >= 4 is 0 Å². The molecule has 30 rings (SSSR count). The van der Waals surface area contributed by atoms with Crippen molar-refractivity contribution in [1.82, 2.24) is 0 Å². The number of allylic oxidation sites excluding steroid dienone is 11. The van der Waals surface area contributed by atoms with Gasteiger partial charge in [0.2, 0.25) is 0 Å².